The number of methoxy groups -OCH3 is 1. The molecule has 1 aromatic carbocycles. The Morgan fingerprint density at radius 1 is 1.45 bits per heavy atom. The first-order chi connectivity index (χ1) is 10.6. The summed E-state index contributed by atoms with van der Waals surface area (Å²) in [6.07, 6.45) is 2.05. The van der Waals surface area contributed by atoms with Crippen LogP contribution in [0, 0.1) is 16.0 Å². The Kier molecular flexibility index (Phi) is 3.98. The van der Waals surface area contributed by atoms with Crippen LogP contribution in [0.2, 0.25) is 0 Å². The number of piperidine rings is 1. The van der Waals surface area contributed by atoms with E-state index < -0.39 is 4.92 Å². The lowest BCUT2D eigenvalue weighted by molar-refractivity contribution is -0.385. The number of nitro groups is 1. The van der Waals surface area contributed by atoms with Crippen molar-refractivity contribution < 1.29 is 14.5 Å². The highest BCUT2D eigenvalue weighted by molar-refractivity contribution is 5.95. The van der Waals surface area contributed by atoms with Crippen LogP contribution >= 0.6 is 0 Å². The quantitative estimate of drug-likeness (QED) is 0.674. The lowest BCUT2D eigenvalue weighted by atomic mass is 9.93. The van der Waals surface area contributed by atoms with Gasteiger partial charge in [0.05, 0.1) is 12.0 Å². The van der Waals surface area contributed by atoms with Gasteiger partial charge in [-0.2, -0.15) is 0 Å². The lowest BCUT2D eigenvalue weighted by Gasteiger charge is -2.34. The molecule has 118 valence electrons. The zero-order valence-corrected chi connectivity index (χ0v) is 12.4. The molecule has 1 aromatic rings. The zero-order chi connectivity index (χ0) is 15.7. The third-order valence-electron chi connectivity index (χ3n) is 4.57. The maximum Gasteiger partial charge on any atom is 0.310 e. The van der Waals surface area contributed by atoms with Gasteiger partial charge in [0.1, 0.15) is 0 Å². The van der Waals surface area contributed by atoms with Crippen molar-refractivity contribution >= 4 is 11.6 Å². The van der Waals surface area contributed by atoms with Crippen molar-refractivity contribution in [2.75, 3.05) is 26.7 Å². The second-order valence-electron chi connectivity index (χ2n) is 5.79. The van der Waals surface area contributed by atoms with E-state index in [9.17, 15) is 14.9 Å². The van der Waals surface area contributed by atoms with Gasteiger partial charge in [-0.1, -0.05) is 0 Å². The van der Waals surface area contributed by atoms with Gasteiger partial charge in [-0.15, -0.1) is 0 Å². The molecule has 7 nitrogen and oxygen atoms in total. The number of nitrogens with one attached hydrogen (secondary N) is 1. The predicted molar refractivity (Wildman–Crippen MR) is 80.1 cm³/mol. The molecular weight excluding hydrogens is 286 g/mol. The van der Waals surface area contributed by atoms with Crippen LogP contribution in [0.5, 0.6) is 5.75 Å². The first-order valence-corrected chi connectivity index (χ1v) is 7.45. The van der Waals surface area contributed by atoms with Gasteiger partial charge in [0, 0.05) is 36.8 Å². The number of rotatable bonds is 3. The molecule has 2 atom stereocenters. The molecule has 0 radical (unpaired) electrons. The molecule has 0 aromatic heterocycles. The Morgan fingerprint density at radius 3 is 3.00 bits per heavy atom. The first kappa shape index (κ1) is 14.8. The fraction of sp³-hybridized carbons (Fsp3) is 0.533. The summed E-state index contributed by atoms with van der Waals surface area (Å²) in [5.74, 6) is 0.546. The molecule has 7 heteroatoms. The normalized spacial score (nSPS) is 24.0. The van der Waals surface area contributed by atoms with E-state index >= 15 is 0 Å². The van der Waals surface area contributed by atoms with Crippen molar-refractivity contribution in [3.63, 3.8) is 0 Å². The summed E-state index contributed by atoms with van der Waals surface area (Å²) in [6.45, 7) is 2.48. The Balaban J connectivity index is 1.78. The maximum atomic E-state index is 12.6. The average Bonchev–Trinajstić information content (AvgIpc) is 3.00. The minimum Gasteiger partial charge on any atom is -0.490 e. The lowest BCUT2D eigenvalue weighted by Crippen LogP contribution is -2.46. The van der Waals surface area contributed by atoms with Gasteiger partial charge in [-0.3, -0.25) is 14.9 Å². The Labute approximate surface area is 128 Å². The fourth-order valence-corrected chi connectivity index (χ4v) is 3.38. The van der Waals surface area contributed by atoms with Crippen LogP contribution in [0.25, 0.3) is 0 Å². The molecule has 22 heavy (non-hydrogen) atoms. The van der Waals surface area contributed by atoms with Crippen LogP contribution in [-0.2, 0) is 0 Å². The summed E-state index contributed by atoms with van der Waals surface area (Å²) in [6, 6.07) is 4.81. The topological polar surface area (TPSA) is 84.7 Å². The SMILES string of the molecule is COc1cc(C(=O)N2CCC3NCCC3C2)ccc1[N+](=O)[O-]. The summed E-state index contributed by atoms with van der Waals surface area (Å²) < 4.78 is 5.03. The van der Waals surface area contributed by atoms with E-state index in [4.69, 9.17) is 4.74 Å². The van der Waals surface area contributed by atoms with Crippen molar-refractivity contribution in [2.24, 2.45) is 5.92 Å². The molecule has 1 N–H and O–H groups in total. The van der Waals surface area contributed by atoms with Gasteiger partial charge in [-0.05, 0) is 31.4 Å². The van der Waals surface area contributed by atoms with Crippen LogP contribution in [0.3, 0.4) is 0 Å². The monoisotopic (exact) mass is 305 g/mol. The maximum absolute atomic E-state index is 12.6. The molecule has 3 rings (SSSR count). The number of carbonyl (C=O) groups excluding carboxylic acids is 1. The number of fused-ring (bicyclic) bond motifs is 1. The van der Waals surface area contributed by atoms with E-state index in [1.807, 2.05) is 4.90 Å². The number of hydrogen-bond acceptors (Lipinski definition) is 5. The van der Waals surface area contributed by atoms with Gasteiger partial charge < -0.3 is 15.0 Å². The van der Waals surface area contributed by atoms with Crippen molar-refractivity contribution in [2.45, 2.75) is 18.9 Å². The van der Waals surface area contributed by atoms with Crippen LogP contribution in [-0.4, -0.2) is 48.5 Å². The smallest absolute Gasteiger partial charge is 0.310 e. The summed E-state index contributed by atoms with van der Waals surface area (Å²) in [4.78, 5) is 24.9. The predicted octanol–water partition coefficient (Wildman–Crippen LogP) is 1.43. The van der Waals surface area contributed by atoms with Crippen LogP contribution in [0.4, 0.5) is 5.69 Å². The minimum atomic E-state index is -0.511. The van der Waals surface area contributed by atoms with Crippen molar-refractivity contribution in [1.82, 2.24) is 10.2 Å². The molecule has 0 bridgehead atoms. The van der Waals surface area contributed by atoms with E-state index in [1.54, 1.807) is 0 Å². The number of nitrogens with zero attached hydrogens (tertiary/aromatic N) is 2. The number of amides is 1. The zero-order valence-electron chi connectivity index (χ0n) is 12.4. The van der Waals surface area contributed by atoms with Crippen LogP contribution < -0.4 is 10.1 Å². The van der Waals surface area contributed by atoms with Crippen molar-refractivity contribution in [3.8, 4) is 5.75 Å². The average molecular weight is 305 g/mol. The minimum absolute atomic E-state index is 0.0847. The molecule has 2 aliphatic rings. The summed E-state index contributed by atoms with van der Waals surface area (Å²) >= 11 is 0. The molecule has 0 aliphatic carbocycles. The molecule has 2 heterocycles. The number of ether oxygens (including phenoxy) is 1. The van der Waals surface area contributed by atoms with Crippen LogP contribution in [0.15, 0.2) is 18.2 Å². The van der Waals surface area contributed by atoms with Gasteiger partial charge in [0.15, 0.2) is 5.75 Å². The van der Waals surface area contributed by atoms with Crippen molar-refractivity contribution in [3.05, 3.63) is 33.9 Å². The number of hydrogen-bond donors (Lipinski definition) is 1. The number of nitro benzene ring substituents is 1. The Hall–Kier alpha value is -2.15. The van der Waals surface area contributed by atoms with E-state index in [0.29, 0.717) is 24.1 Å². The standard InChI is InChI=1S/C15H19N3O4/c1-22-14-8-10(2-3-13(14)18(20)21)15(19)17-7-5-12-11(9-17)4-6-16-12/h2-3,8,11-12,16H,4-7,9H2,1H3. The molecule has 0 spiro atoms. The van der Waals surface area contributed by atoms with Crippen molar-refractivity contribution in [1.29, 1.82) is 0 Å². The molecule has 2 unspecified atom stereocenters. The first-order valence-electron chi connectivity index (χ1n) is 7.45. The summed E-state index contributed by atoms with van der Waals surface area (Å²) in [5, 5.41) is 14.4. The van der Waals surface area contributed by atoms with E-state index in [1.165, 1.54) is 25.3 Å². The highest BCUT2D eigenvalue weighted by Gasteiger charge is 2.34. The molecule has 1 amide bonds. The third kappa shape index (κ3) is 2.64. The van der Waals surface area contributed by atoms with Gasteiger partial charge in [0.2, 0.25) is 0 Å². The Morgan fingerprint density at radius 2 is 2.27 bits per heavy atom. The second-order valence-corrected chi connectivity index (χ2v) is 5.79. The van der Waals surface area contributed by atoms with E-state index in [0.717, 1.165) is 25.9 Å². The highest BCUT2D eigenvalue weighted by Crippen LogP contribution is 2.30. The van der Waals surface area contributed by atoms with E-state index in [-0.39, 0.29) is 17.3 Å². The van der Waals surface area contributed by atoms with Gasteiger partial charge in [-0.25, -0.2) is 0 Å². The molecular formula is C15H19N3O4. The molecule has 0 saturated carbocycles. The summed E-state index contributed by atoms with van der Waals surface area (Å²) in [5.41, 5.74) is 0.310. The van der Waals surface area contributed by atoms with Crippen LogP contribution in [0.1, 0.15) is 23.2 Å². The van der Waals surface area contributed by atoms with E-state index in [2.05, 4.69) is 5.32 Å². The molecule has 2 fully saturated rings. The number of likely N-dealkylation sites (tertiary alicyclic amines) is 1. The largest absolute Gasteiger partial charge is 0.490 e. The number of benzene rings is 1. The fourth-order valence-electron chi connectivity index (χ4n) is 3.38. The second kappa shape index (κ2) is 5.92. The number of carbonyl (C=O) groups is 1. The van der Waals surface area contributed by atoms with Gasteiger partial charge >= 0.3 is 5.69 Å². The summed E-state index contributed by atoms with van der Waals surface area (Å²) in [7, 11) is 1.37. The molecule has 2 aliphatic heterocycles. The molecule has 2 saturated heterocycles. The van der Waals surface area contributed by atoms with Gasteiger partial charge in [0.25, 0.3) is 5.91 Å². The Bertz CT molecular complexity index is 604. The third-order valence-corrected chi connectivity index (χ3v) is 4.57. The highest BCUT2D eigenvalue weighted by atomic mass is 16.6.